The molecule has 7 heteroatoms. The lowest BCUT2D eigenvalue weighted by molar-refractivity contribution is 0.0860. The zero-order valence-electron chi connectivity index (χ0n) is 15.1. The number of rotatable bonds is 6. The van der Waals surface area contributed by atoms with Gasteiger partial charge in [0.1, 0.15) is 18.2 Å². The summed E-state index contributed by atoms with van der Waals surface area (Å²) in [7, 11) is 0. The second-order valence-electron chi connectivity index (χ2n) is 6.53. The molecule has 3 heterocycles. The van der Waals surface area contributed by atoms with Crippen LogP contribution in [0, 0.1) is 5.82 Å². The van der Waals surface area contributed by atoms with Gasteiger partial charge < -0.3 is 15.3 Å². The van der Waals surface area contributed by atoms with Gasteiger partial charge in [0.05, 0.1) is 11.9 Å². The summed E-state index contributed by atoms with van der Waals surface area (Å²) >= 11 is 0. The lowest BCUT2D eigenvalue weighted by atomic mass is 10.00. The molecular formula is C21H19FN4O2. The van der Waals surface area contributed by atoms with Crippen molar-refractivity contribution in [2.24, 2.45) is 5.16 Å². The van der Waals surface area contributed by atoms with Crippen LogP contribution in [0.15, 0.2) is 66.1 Å². The molecule has 6 nitrogen and oxygen atoms in total. The topological polar surface area (TPSA) is 82.6 Å². The Morgan fingerprint density at radius 2 is 1.89 bits per heavy atom. The fraction of sp³-hybridized carbons (Fsp3) is 0.190. The second kappa shape index (κ2) is 8.04. The monoisotopic (exact) mass is 378 g/mol. The summed E-state index contributed by atoms with van der Waals surface area (Å²) in [4.78, 5) is 13.5. The molecule has 1 unspecified atom stereocenters. The minimum Gasteiger partial charge on any atom is -0.473 e. The van der Waals surface area contributed by atoms with Gasteiger partial charge in [0.25, 0.3) is 0 Å². The summed E-state index contributed by atoms with van der Waals surface area (Å²) in [5, 5.41) is 4.21. The van der Waals surface area contributed by atoms with Gasteiger partial charge >= 0.3 is 0 Å². The fourth-order valence-electron chi connectivity index (χ4n) is 2.99. The number of nitrogens with two attached hydrogens (primary N) is 1. The normalized spacial score (nSPS) is 15.8. The number of ether oxygens (including phenoxy) is 1. The van der Waals surface area contributed by atoms with Gasteiger partial charge in [-0.05, 0) is 29.3 Å². The first-order chi connectivity index (χ1) is 13.7. The number of hydrogen-bond donors (Lipinski definition) is 1. The lowest BCUT2D eigenvalue weighted by Gasteiger charge is -2.10. The molecule has 28 heavy (non-hydrogen) atoms. The van der Waals surface area contributed by atoms with Crippen molar-refractivity contribution in [2.45, 2.75) is 25.6 Å². The molecule has 3 aromatic rings. The smallest absolute Gasteiger partial charge is 0.213 e. The van der Waals surface area contributed by atoms with Crippen molar-refractivity contribution in [1.29, 1.82) is 0 Å². The molecule has 2 N–H and O–H groups in total. The van der Waals surface area contributed by atoms with Crippen LogP contribution >= 0.6 is 0 Å². The lowest BCUT2D eigenvalue weighted by Crippen LogP contribution is -2.06. The van der Waals surface area contributed by atoms with E-state index in [0.29, 0.717) is 31.1 Å². The molecule has 1 aliphatic rings. The molecule has 0 fully saturated rings. The average molecular weight is 378 g/mol. The zero-order chi connectivity index (χ0) is 19.3. The van der Waals surface area contributed by atoms with Gasteiger partial charge in [-0.15, -0.1) is 0 Å². The number of nitrogen functional groups attached to an aromatic ring is 1. The van der Waals surface area contributed by atoms with E-state index < -0.39 is 0 Å². The van der Waals surface area contributed by atoms with E-state index >= 15 is 0 Å². The number of oxime groups is 1. The predicted molar refractivity (Wildman–Crippen MR) is 103 cm³/mol. The van der Waals surface area contributed by atoms with Gasteiger partial charge in [-0.1, -0.05) is 29.4 Å². The number of pyridine rings is 2. The van der Waals surface area contributed by atoms with Crippen LogP contribution in [0.1, 0.15) is 29.2 Å². The number of aromatic nitrogens is 2. The maximum absolute atomic E-state index is 12.9. The number of halogens is 1. The third-order valence-electron chi connectivity index (χ3n) is 4.47. The highest BCUT2D eigenvalue weighted by molar-refractivity contribution is 5.87. The number of hydrogen-bond acceptors (Lipinski definition) is 6. The van der Waals surface area contributed by atoms with Crippen molar-refractivity contribution < 1.29 is 14.0 Å². The van der Waals surface area contributed by atoms with Crippen LogP contribution in [0.3, 0.4) is 0 Å². The van der Waals surface area contributed by atoms with Gasteiger partial charge in [-0.2, -0.15) is 0 Å². The minimum absolute atomic E-state index is 0.181. The van der Waals surface area contributed by atoms with Gasteiger partial charge in [0.15, 0.2) is 6.10 Å². The molecule has 0 radical (unpaired) electrons. The van der Waals surface area contributed by atoms with Crippen LogP contribution in [0.25, 0.3) is 0 Å². The van der Waals surface area contributed by atoms with Gasteiger partial charge in [0, 0.05) is 30.7 Å². The summed E-state index contributed by atoms with van der Waals surface area (Å²) < 4.78 is 18.4. The standard InChI is InChI=1S/C21H19FN4O2/c22-16-7-8-20(25-12-16)27-13-15-5-3-14(4-6-15)10-17-11-19(28-26-17)18-2-1-9-24-21(18)23/h1-9,12,19H,10-11,13H2,(H2,23,24). The van der Waals surface area contributed by atoms with E-state index in [-0.39, 0.29) is 11.9 Å². The van der Waals surface area contributed by atoms with E-state index in [9.17, 15) is 4.39 Å². The van der Waals surface area contributed by atoms with E-state index in [1.165, 1.54) is 12.1 Å². The molecular weight excluding hydrogens is 359 g/mol. The van der Waals surface area contributed by atoms with E-state index in [4.69, 9.17) is 15.3 Å². The Kier molecular flexibility index (Phi) is 5.14. The zero-order valence-corrected chi connectivity index (χ0v) is 15.1. The van der Waals surface area contributed by atoms with Gasteiger partial charge in [-0.3, -0.25) is 0 Å². The van der Waals surface area contributed by atoms with Crippen molar-refractivity contribution >= 4 is 11.5 Å². The number of anilines is 1. The summed E-state index contributed by atoms with van der Waals surface area (Å²) in [6.07, 6.45) is 4.01. The van der Waals surface area contributed by atoms with Crippen LogP contribution in [-0.2, 0) is 17.9 Å². The summed E-state index contributed by atoms with van der Waals surface area (Å²) in [6.45, 7) is 0.366. The van der Waals surface area contributed by atoms with Crippen LogP contribution in [0.4, 0.5) is 10.2 Å². The van der Waals surface area contributed by atoms with Crippen LogP contribution in [0.2, 0.25) is 0 Å². The summed E-state index contributed by atoms with van der Waals surface area (Å²) in [5.41, 5.74) is 9.88. The minimum atomic E-state index is -0.385. The first-order valence-corrected chi connectivity index (χ1v) is 8.91. The van der Waals surface area contributed by atoms with E-state index in [1.807, 2.05) is 36.4 Å². The molecule has 142 valence electrons. The quantitative estimate of drug-likeness (QED) is 0.705. The first kappa shape index (κ1) is 17.9. The highest BCUT2D eigenvalue weighted by Crippen LogP contribution is 2.30. The molecule has 0 aliphatic carbocycles. The largest absolute Gasteiger partial charge is 0.473 e. The first-order valence-electron chi connectivity index (χ1n) is 8.91. The van der Waals surface area contributed by atoms with Crippen LogP contribution < -0.4 is 10.5 Å². The Bertz CT molecular complexity index is 974. The molecule has 4 rings (SSSR count). The van der Waals surface area contributed by atoms with Crippen molar-refractivity contribution in [1.82, 2.24) is 9.97 Å². The summed E-state index contributed by atoms with van der Waals surface area (Å²) in [5.74, 6) is 0.483. The Morgan fingerprint density at radius 3 is 2.64 bits per heavy atom. The van der Waals surface area contributed by atoms with Crippen LogP contribution in [0.5, 0.6) is 5.88 Å². The molecule has 0 saturated carbocycles. The van der Waals surface area contributed by atoms with Crippen molar-refractivity contribution in [3.8, 4) is 5.88 Å². The molecule has 1 aromatic carbocycles. The highest BCUT2D eigenvalue weighted by atomic mass is 19.1. The Labute approximate surface area is 161 Å². The van der Waals surface area contributed by atoms with Gasteiger partial charge in [-0.25, -0.2) is 14.4 Å². The molecule has 0 bridgehead atoms. The third-order valence-corrected chi connectivity index (χ3v) is 4.47. The third kappa shape index (κ3) is 4.25. The SMILES string of the molecule is Nc1ncccc1C1CC(Cc2ccc(COc3ccc(F)cn3)cc2)=NO1. The number of nitrogens with zero attached hydrogens (tertiary/aromatic N) is 3. The highest BCUT2D eigenvalue weighted by Gasteiger charge is 2.24. The average Bonchev–Trinajstić information content (AvgIpc) is 3.17. The predicted octanol–water partition coefficient (Wildman–Crippen LogP) is 3.84. The molecule has 0 saturated heterocycles. The number of benzene rings is 1. The molecule has 2 aromatic heterocycles. The second-order valence-corrected chi connectivity index (χ2v) is 6.53. The van der Waals surface area contributed by atoms with E-state index in [0.717, 1.165) is 28.6 Å². The maximum atomic E-state index is 12.9. The maximum Gasteiger partial charge on any atom is 0.213 e. The summed E-state index contributed by atoms with van der Waals surface area (Å²) in [6, 6.07) is 14.6. The van der Waals surface area contributed by atoms with Crippen molar-refractivity contribution in [3.63, 3.8) is 0 Å². The molecule has 0 spiro atoms. The Hall–Kier alpha value is -3.48. The van der Waals surface area contributed by atoms with Crippen molar-refractivity contribution in [2.75, 3.05) is 5.73 Å². The molecule has 1 atom stereocenters. The van der Waals surface area contributed by atoms with E-state index in [1.54, 1.807) is 6.20 Å². The molecule has 1 aliphatic heterocycles. The fourth-order valence-corrected chi connectivity index (χ4v) is 2.99. The Balaban J connectivity index is 1.31. The van der Waals surface area contributed by atoms with Gasteiger partial charge in [0.2, 0.25) is 5.88 Å². The molecule has 0 amide bonds. The van der Waals surface area contributed by atoms with E-state index in [2.05, 4.69) is 15.1 Å². The van der Waals surface area contributed by atoms with Crippen molar-refractivity contribution in [3.05, 3.63) is 83.4 Å². The Morgan fingerprint density at radius 1 is 1.07 bits per heavy atom. The van der Waals surface area contributed by atoms with Crippen LogP contribution in [-0.4, -0.2) is 15.7 Å².